The van der Waals surface area contributed by atoms with E-state index in [-0.39, 0.29) is 0 Å². The fourth-order valence-corrected chi connectivity index (χ4v) is 1.97. The second kappa shape index (κ2) is 4.87. The molecular weight excluding hydrogens is 186 g/mol. The first-order valence-corrected chi connectivity index (χ1v) is 5.41. The van der Waals surface area contributed by atoms with Crippen LogP contribution in [0.5, 0.6) is 5.75 Å². The van der Waals surface area contributed by atoms with Gasteiger partial charge in [-0.15, -0.1) is 0 Å². The number of nitrogen functional groups attached to an aromatic ring is 1. The van der Waals surface area contributed by atoms with Crippen LogP contribution in [0.15, 0.2) is 12.1 Å². The summed E-state index contributed by atoms with van der Waals surface area (Å²) in [6.07, 6.45) is 5.70. The molecule has 1 aromatic carbocycles. The molecule has 0 spiro atoms. The highest BCUT2D eigenvalue weighted by atomic mass is 16.3. The SMILES string of the molecule is C/C=C/c1c(N)cc(O)c(CC)c1CC. The van der Waals surface area contributed by atoms with E-state index in [1.54, 1.807) is 6.07 Å². The summed E-state index contributed by atoms with van der Waals surface area (Å²) in [4.78, 5) is 0. The van der Waals surface area contributed by atoms with Crippen molar-refractivity contribution in [2.24, 2.45) is 0 Å². The van der Waals surface area contributed by atoms with Gasteiger partial charge in [-0.25, -0.2) is 0 Å². The summed E-state index contributed by atoms with van der Waals surface area (Å²) in [5.41, 5.74) is 9.77. The van der Waals surface area contributed by atoms with Gasteiger partial charge in [0.1, 0.15) is 5.75 Å². The third-order valence-corrected chi connectivity index (χ3v) is 2.64. The van der Waals surface area contributed by atoms with E-state index in [0.29, 0.717) is 11.4 Å². The summed E-state index contributed by atoms with van der Waals surface area (Å²) in [5, 5.41) is 9.79. The third-order valence-electron chi connectivity index (χ3n) is 2.64. The molecule has 82 valence electrons. The standard InChI is InChI=1S/C13H19NO/c1-4-7-11-9(5-2)10(6-3)13(15)8-12(11)14/h4,7-8,15H,5-6,14H2,1-3H3/b7-4+. The minimum atomic E-state index is 0.320. The van der Waals surface area contributed by atoms with E-state index < -0.39 is 0 Å². The molecule has 0 aliphatic rings. The molecule has 3 N–H and O–H groups in total. The lowest BCUT2D eigenvalue weighted by atomic mass is 9.94. The Labute approximate surface area is 91.4 Å². The zero-order chi connectivity index (χ0) is 11.4. The van der Waals surface area contributed by atoms with Gasteiger partial charge in [-0.1, -0.05) is 26.0 Å². The summed E-state index contributed by atoms with van der Waals surface area (Å²) in [7, 11) is 0. The monoisotopic (exact) mass is 205 g/mol. The smallest absolute Gasteiger partial charge is 0.121 e. The van der Waals surface area contributed by atoms with Crippen molar-refractivity contribution in [1.29, 1.82) is 0 Å². The minimum absolute atomic E-state index is 0.320. The van der Waals surface area contributed by atoms with Gasteiger partial charge in [0.05, 0.1) is 0 Å². The van der Waals surface area contributed by atoms with Crippen molar-refractivity contribution in [3.05, 3.63) is 28.8 Å². The molecule has 0 bridgehead atoms. The first-order valence-electron chi connectivity index (χ1n) is 5.41. The van der Waals surface area contributed by atoms with E-state index >= 15 is 0 Å². The van der Waals surface area contributed by atoms with Crippen LogP contribution < -0.4 is 5.73 Å². The number of phenols is 1. The molecule has 0 aromatic heterocycles. The summed E-state index contributed by atoms with van der Waals surface area (Å²) < 4.78 is 0. The molecule has 0 unspecified atom stereocenters. The Morgan fingerprint density at radius 2 is 1.87 bits per heavy atom. The van der Waals surface area contributed by atoms with Crippen LogP contribution in [0.4, 0.5) is 5.69 Å². The third kappa shape index (κ3) is 2.14. The molecular formula is C13H19NO. The van der Waals surface area contributed by atoms with E-state index in [4.69, 9.17) is 5.73 Å². The number of phenolic OH excluding ortho intramolecular Hbond substituents is 1. The van der Waals surface area contributed by atoms with E-state index in [1.165, 1.54) is 0 Å². The molecule has 0 fully saturated rings. The fraction of sp³-hybridized carbons (Fsp3) is 0.385. The van der Waals surface area contributed by atoms with Gasteiger partial charge in [0.2, 0.25) is 0 Å². The van der Waals surface area contributed by atoms with Gasteiger partial charge in [-0.05, 0) is 30.9 Å². The van der Waals surface area contributed by atoms with Crippen LogP contribution >= 0.6 is 0 Å². The number of rotatable bonds is 3. The summed E-state index contributed by atoms with van der Waals surface area (Å²) in [6, 6.07) is 1.65. The molecule has 0 heterocycles. The van der Waals surface area contributed by atoms with Gasteiger partial charge in [-0.3, -0.25) is 0 Å². The first-order chi connectivity index (χ1) is 7.15. The van der Waals surface area contributed by atoms with Crippen LogP contribution in [0.25, 0.3) is 6.08 Å². The molecule has 0 amide bonds. The van der Waals surface area contributed by atoms with Gasteiger partial charge in [-0.2, -0.15) is 0 Å². The van der Waals surface area contributed by atoms with E-state index in [2.05, 4.69) is 6.92 Å². The summed E-state index contributed by atoms with van der Waals surface area (Å²) >= 11 is 0. The van der Waals surface area contributed by atoms with Crippen LogP contribution in [0.2, 0.25) is 0 Å². The Balaban J connectivity index is 3.49. The molecule has 0 aliphatic heterocycles. The van der Waals surface area contributed by atoms with Gasteiger partial charge >= 0.3 is 0 Å². The molecule has 0 radical (unpaired) electrons. The van der Waals surface area contributed by atoms with E-state index in [0.717, 1.165) is 29.5 Å². The van der Waals surface area contributed by atoms with Crippen molar-refractivity contribution in [3.63, 3.8) is 0 Å². The Kier molecular flexibility index (Phi) is 3.78. The average Bonchev–Trinajstić information content (AvgIpc) is 2.21. The van der Waals surface area contributed by atoms with Crippen LogP contribution in [-0.4, -0.2) is 5.11 Å². The summed E-state index contributed by atoms with van der Waals surface area (Å²) in [5.74, 6) is 0.320. The van der Waals surface area contributed by atoms with Crippen molar-refractivity contribution in [2.75, 3.05) is 5.73 Å². The van der Waals surface area contributed by atoms with Crippen molar-refractivity contribution in [1.82, 2.24) is 0 Å². The lowest BCUT2D eigenvalue weighted by molar-refractivity contribution is 0.468. The number of benzene rings is 1. The Hall–Kier alpha value is -1.44. The van der Waals surface area contributed by atoms with Crippen molar-refractivity contribution in [3.8, 4) is 5.75 Å². The normalized spacial score (nSPS) is 11.1. The predicted molar refractivity (Wildman–Crippen MR) is 66.0 cm³/mol. The van der Waals surface area contributed by atoms with E-state index in [1.807, 2.05) is 26.0 Å². The lowest BCUT2D eigenvalue weighted by Crippen LogP contribution is -2.00. The molecule has 1 aromatic rings. The highest BCUT2D eigenvalue weighted by Crippen LogP contribution is 2.31. The fourth-order valence-electron chi connectivity index (χ4n) is 1.97. The lowest BCUT2D eigenvalue weighted by Gasteiger charge is -2.14. The molecule has 15 heavy (non-hydrogen) atoms. The van der Waals surface area contributed by atoms with Crippen molar-refractivity contribution >= 4 is 11.8 Å². The van der Waals surface area contributed by atoms with Crippen molar-refractivity contribution < 1.29 is 5.11 Å². The van der Waals surface area contributed by atoms with Crippen LogP contribution in [0.1, 0.15) is 37.5 Å². The number of aromatic hydroxyl groups is 1. The number of nitrogens with two attached hydrogens (primary N) is 1. The maximum atomic E-state index is 9.79. The number of allylic oxidation sites excluding steroid dienone is 1. The Morgan fingerprint density at radius 3 is 2.33 bits per heavy atom. The molecule has 0 saturated heterocycles. The maximum absolute atomic E-state index is 9.79. The topological polar surface area (TPSA) is 46.2 Å². The highest BCUT2D eigenvalue weighted by molar-refractivity contribution is 5.71. The number of anilines is 1. The van der Waals surface area contributed by atoms with Gasteiger partial charge in [0.25, 0.3) is 0 Å². The van der Waals surface area contributed by atoms with Crippen molar-refractivity contribution in [2.45, 2.75) is 33.6 Å². The van der Waals surface area contributed by atoms with E-state index in [9.17, 15) is 5.11 Å². The predicted octanol–water partition coefficient (Wildman–Crippen LogP) is 3.13. The molecule has 0 saturated carbocycles. The number of hydrogen-bond donors (Lipinski definition) is 2. The quantitative estimate of drug-likeness (QED) is 0.745. The molecule has 0 aliphatic carbocycles. The zero-order valence-corrected chi connectivity index (χ0v) is 9.67. The molecule has 2 nitrogen and oxygen atoms in total. The summed E-state index contributed by atoms with van der Waals surface area (Å²) in [6.45, 7) is 6.10. The molecule has 2 heteroatoms. The maximum Gasteiger partial charge on any atom is 0.121 e. The second-order valence-corrected chi connectivity index (χ2v) is 3.56. The van der Waals surface area contributed by atoms with Crippen LogP contribution in [0.3, 0.4) is 0 Å². The van der Waals surface area contributed by atoms with Gasteiger partial charge in [0.15, 0.2) is 0 Å². The second-order valence-electron chi connectivity index (χ2n) is 3.56. The Bertz CT molecular complexity index is 381. The van der Waals surface area contributed by atoms with Gasteiger partial charge < -0.3 is 10.8 Å². The van der Waals surface area contributed by atoms with Crippen LogP contribution in [0, 0.1) is 0 Å². The average molecular weight is 205 g/mol. The Morgan fingerprint density at radius 1 is 1.27 bits per heavy atom. The number of hydrogen-bond acceptors (Lipinski definition) is 2. The van der Waals surface area contributed by atoms with Crippen LogP contribution in [-0.2, 0) is 12.8 Å². The zero-order valence-electron chi connectivity index (χ0n) is 9.67. The van der Waals surface area contributed by atoms with Gasteiger partial charge in [0, 0.05) is 17.3 Å². The minimum Gasteiger partial charge on any atom is -0.508 e. The first kappa shape index (κ1) is 11.6. The largest absolute Gasteiger partial charge is 0.508 e. The highest BCUT2D eigenvalue weighted by Gasteiger charge is 2.11. The molecule has 1 rings (SSSR count). The molecule has 0 atom stereocenters.